The summed E-state index contributed by atoms with van der Waals surface area (Å²) in [6.45, 7) is 9.47. The molecule has 0 fully saturated rings. The Morgan fingerprint density at radius 3 is 0.864 bits per heavy atom. The molecule has 88 heavy (non-hydrogen) atoms. The zero-order chi connectivity index (χ0) is 65.0. The van der Waals surface area contributed by atoms with Crippen molar-refractivity contribution in [3.63, 3.8) is 0 Å². The first-order valence-corrected chi connectivity index (χ1v) is 39.0. The molecular weight excluding hydrogens is 1160 g/mol. The fourth-order valence-electron chi connectivity index (χ4n) is 10.4. The van der Waals surface area contributed by atoms with Crippen LogP contribution in [-0.4, -0.2) is 96.7 Å². The fourth-order valence-corrected chi connectivity index (χ4v) is 12.0. The molecule has 0 aliphatic carbocycles. The van der Waals surface area contributed by atoms with E-state index in [0.717, 1.165) is 108 Å². The lowest BCUT2D eigenvalue weighted by molar-refractivity contribution is -0.161. The van der Waals surface area contributed by atoms with E-state index in [1.807, 2.05) is 0 Å². The molecule has 0 bridgehead atoms. The molecule has 0 aromatic heterocycles. The van der Waals surface area contributed by atoms with Gasteiger partial charge in [0.05, 0.1) is 26.4 Å². The molecule has 0 heterocycles. The molecule has 0 aromatic carbocycles. The summed E-state index contributed by atoms with van der Waals surface area (Å²) in [4.78, 5) is 72.2. The van der Waals surface area contributed by atoms with Gasteiger partial charge in [-0.15, -0.1) is 0 Å². The monoisotopic (exact) mass is 1300 g/mol. The first-order chi connectivity index (χ1) is 42.4. The highest BCUT2D eigenvalue weighted by atomic mass is 31.2. The van der Waals surface area contributed by atoms with E-state index in [1.54, 1.807) is 0 Å². The number of phosphoric ester groups is 2. The lowest BCUT2D eigenvalue weighted by Gasteiger charge is -2.21. The lowest BCUT2D eigenvalue weighted by Crippen LogP contribution is -2.30. The van der Waals surface area contributed by atoms with Gasteiger partial charge in [0.25, 0.3) is 0 Å². The number of carbonyl (C=O) groups is 4. The lowest BCUT2D eigenvalue weighted by atomic mass is 9.99. The van der Waals surface area contributed by atoms with Crippen molar-refractivity contribution in [2.45, 2.75) is 368 Å². The Labute approximate surface area is 537 Å². The third kappa shape index (κ3) is 61.6. The number of hydrogen-bond donors (Lipinski definition) is 3. The molecule has 0 aromatic rings. The van der Waals surface area contributed by atoms with Crippen LogP contribution in [0.15, 0.2) is 0 Å². The summed E-state index contributed by atoms with van der Waals surface area (Å²) >= 11 is 0. The molecular formula is C69H134O17P2. The number of ether oxygens (including phenoxy) is 4. The summed E-state index contributed by atoms with van der Waals surface area (Å²) in [6.07, 6.45) is 46.1. The molecule has 17 nitrogen and oxygen atoms in total. The molecule has 522 valence electrons. The van der Waals surface area contributed by atoms with Crippen LogP contribution in [0.4, 0.5) is 0 Å². The highest BCUT2D eigenvalue weighted by Gasteiger charge is 2.30. The molecule has 0 aliphatic rings. The SMILES string of the molecule is CCCCCCCCCCCCCCCCC(=O)OC[C@H](COP(=O)(O)OC[C@@H](O)COP(=O)(O)OC[C@@H](COC(=O)CCCCCCC)OC(=O)CCCCCCCCCCC(C)CC)OC(=O)CCCCCCCCCCCCCCCCC(C)C. The molecule has 19 heteroatoms. The zero-order valence-electron chi connectivity index (χ0n) is 57.0. The molecule has 3 unspecified atom stereocenters. The van der Waals surface area contributed by atoms with Crippen molar-refractivity contribution in [2.75, 3.05) is 39.6 Å². The first-order valence-electron chi connectivity index (χ1n) is 36.0. The number of esters is 4. The van der Waals surface area contributed by atoms with E-state index in [4.69, 9.17) is 37.0 Å². The molecule has 0 radical (unpaired) electrons. The van der Waals surface area contributed by atoms with E-state index >= 15 is 0 Å². The zero-order valence-corrected chi connectivity index (χ0v) is 58.8. The fraction of sp³-hybridized carbons (Fsp3) is 0.942. The topological polar surface area (TPSA) is 237 Å². The van der Waals surface area contributed by atoms with E-state index in [0.29, 0.717) is 25.7 Å². The Kier molecular flexibility index (Phi) is 59.9. The third-order valence-electron chi connectivity index (χ3n) is 16.3. The van der Waals surface area contributed by atoms with Crippen LogP contribution in [0.2, 0.25) is 0 Å². The van der Waals surface area contributed by atoms with Crippen LogP contribution in [0.3, 0.4) is 0 Å². The van der Waals surface area contributed by atoms with Crippen molar-refractivity contribution in [1.29, 1.82) is 0 Å². The van der Waals surface area contributed by atoms with Crippen LogP contribution in [0.1, 0.15) is 350 Å². The number of aliphatic hydroxyl groups is 1. The number of hydrogen-bond acceptors (Lipinski definition) is 15. The van der Waals surface area contributed by atoms with Gasteiger partial charge in [-0.1, -0.05) is 298 Å². The maximum atomic E-state index is 13.0. The van der Waals surface area contributed by atoms with Crippen LogP contribution < -0.4 is 0 Å². The van der Waals surface area contributed by atoms with Crippen molar-refractivity contribution in [1.82, 2.24) is 0 Å². The van der Waals surface area contributed by atoms with Crippen LogP contribution >= 0.6 is 15.6 Å². The van der Waals surface area contributed by atoms with Gasteiger partial charge in [0.2, 0.25) is 0 Å². The Morgan fingerprint density at radius 2 is 0.580 bits per heavy atom. The molecule has 0 amide bonds. The van der Waals surface area contributed by atoms with Crippen molar-refractivity contribution < 1.29 is 80.2 Å². The standard InChI is InChI=1S/C69H134O17P2/c1-7-10-12-14-15-16-17-18-22-25-28-34-40-46-52-67(72)80-58-65(86-68(73)53-47-41-35-29-26-23-20-19-21-24-27-32-38-43-49-61(4)5)60-84-88(77,78)82-56-63(70)55-81-87(75,76)83-59-64(57-79-66(71)51-45-37-13-11-8-2)85-69(74)54-48-42-36-31-30-33-39-44-50-62(6)9-3/h61-65,70H,7-60H2,1-6H3,(H,75,76)(H,77,78)/t62?,63-,64+,65+/m0/s1. The van der Waals surface area contributed by atoms with E-state index < -0.39 is 97.5 Å². The molecule has 0 saturated heterocycles. The van der Waals surface area contributed by atoms with Gasteiger partial charge in [-0.3, -0.25) is 37.3 Å². The predicted molar refractivity (Wildman–Crippen MR) is 354 cm³/mol. The largest absolute Gasteiger partial charge is 0.472 e. The van der Waals surface area contributed by atoms with Gasteiger partial charge in [0.15, 0.2) is 12.2 Å². The minimum atomic E-state index is -4.95. The van der Waals surface area contributed by atoms with Crippen molar-refractivity contribution >= 4 is 39.5 Å². The van der Waals surface area contributed by atoms with Crippen LogP contribution in [0.25, 0.3) is 0 Å². The molecule has 0 spiro atoms. The molecule has 3 N–H and O–H groups in total. The van der Waals surface area contributed by atoms with Gasteiger partial charge in [-0.2, -0.15) is 0 Å². The molecule has 0 rings (SSSR count). The summed E-state index contributed by atoms with van der Waals surface area (Å²) in [5, 5.41) is 10.6. The molecule has 6 atom stereocenters. The number of rotatable bonds is 68. The summed E-state index contributed by atoms with van der Waals surface area (Å²) in [7, 11) is -9.89. The van der Waals surface area contributed by atoms with Crippen molar-refractivity contribution in [3.05, 3.63) is 0 Å². The van der Waals surface area contributed by atoms with Gasteiger partial charge in [-0.05, 0) is 37.5 Å². The van der Waals surface area contributed by atoms with E-state index in [2.05, 4.69) is 41.5 Å². The minimum Gasteiger partial charge on any atom is -0.462 e. The highest BCUT2D eigenvalue weighted by molar-refractivity contribution is 7.47. The molecule has 0 aliphatic heterocycles. The Hall–Kier alpha value is -1.94. The van der Waals surface area contributed by atoms with E-state index in [-0.39, 0.29) is 25.7 Å². The number of aliphatic hydroxyl groups excluding tert-OH is 1. The summed E-state index contributed by atoms with van der Waals surface area (Å²) in [5.41, 5.74) is 0. The summed E-state index contributed by atoms with van der Waals surface area (Å²) in [5.74, 6) is -0.571. The summed E-state index contributed by atoms with van der Waals surface area (Å²) in [6, 6.07) is 0. The summed E-state index contributed by atoms with van der Waals surface area (Å²) < 4.78 is 68.0. The second-order valence-electron chi connectivity index (χ2n) is 25.6. The average molecular weight is 1300 g/mol. The third-order valence-corrected chi connectivity index (χ3v) is 18.2. The normalized spacial score (nSPS) is 14.5. The minimum absolute atomic E-state index is 0.104. The first kappa shape index (κ1) is 86.1. The quantitative estimate of drug-likeness (QED) is 0.0222. The van der Waals surface area contributed by atoms with Gasteiger partial charge < -0.3 is 33.8 Å². The average Bonchev–Trinajstić information content (AvgIpc) is 3.62. The highest BCUT2D eigenvalue weighted by Crippen LogP contribution is 2.45. The number of unbranched alkanes of at least 4 members (excludes halogenated alkanes) is 37. The van der Waals surface area contributed by atoms with E-state index in [1.165, 1.54) is 161 Å². The number of phosphoric acid groups is 2. The van der Waals surface area contributed by atoms with E-state index in [9.17, 15) is 43.2 Å². The van der Waals surface area contributed by atoms with Gasteiger partial charge in [-0.25, -0.2) is 9.13 Å². The Morgan fingerprint density at radius 1 is 0.330 bits per heavy atom. The second-order valence-corrected chi connectivity index (χ2v) is 28.5. The van der Waals surface area contributed by atoms with Gasteiger partial charge >= 0.3 is 39.5 Å². The van der Waals surface area contributed by atoms with Crippen molar-refractivity contribution in [3.8, 4) is 0 Å². The Balaban J connectivity index is 5.17. The maximum absolute atomic E-state index is 13.0. The molecule has 0 saturated carbocycles. The van der Waals surface area contributed by atoms with Gasteiger partial charge in [0.1, 0.15) is 19.3 Å². The smallest absolute Gasteiger partial charge is 0.462 e. The van der Waals surface area contributed by atoms with Crippen LogP contribution in [-0.2, 0) is 65.4 Å². The van der Waals surface area contributed by atoms with Crippen molar-refractivity contribution in [2.24, 2.45) is 11.8 Å². The number of carbonyl (C=O) groups excluding carboxylic acids is 4. The Bertz CT molecular complexity index is 1720. The van der Waals surface area contributed by atoms with Gasteiger partial charge in [0, 0.05) is 25.7 Å². The van der Waals surface area contributed by atoms with Crippen LogP contribution in [0, 0.1) is 11.8 Å². The maximum Gasteiger partial charge on any atom is 0.472 e. The van der Waals surface area contributed by atoms with Crippen LogP contribution in [0.5, 0.6) is 0 Å². The second kappa shape index (κ2) is 61.3. The predicted octanol–water partition coefficient (Wildman–Crippen LogP) is 19.6.